The maximum atomic E-state index is 13.3. The second-order valence-electron chi connectivity index (χ2n) is 9.26. The molecule has 0 spiro atoms. The van der Waals surface area contributed by atoms with Crippen molar-refractivity contribution in [1.29, 1.82) is 0 Å². The number of tetrazole rings is 1. The SMILES string of the molecule is Nc1nc(/C(=N\OC2CCCC2)C(=O)NC2C(=O)N3C(C(=O)O)=C(CSc4nnnn4CCC(=O)O)CSC23)cs1. The van der Waals surface area contributed by atoms with Gasteiger partial charge in [0.2, 0.25) is 5.16 Å². The first-order valence-corrected chi connectivity index (χ1v) is 15.4. The van der Waals surface area contributed by atoms with Gasteiger partial charge < -0.3 is 26.1 Å². The summed E-state index contributed by atoms with van der Waals surface area (Å²) in [5.74, 6) is -3.09. The minimum atomic E-state index is -1.28. The second-order valence-corrected chi connectivity index (χ2v) is 12.2. The number of aliphatic carboxylic acids is 2. The Morgan fingerprint density at radius 1 is 1.27 bits per heavy atom. The average molecular weight is 624 g/mol. The third kappa shape index (κ3) is 6.30. The number of thioether (sulfide) groups is 2. The van der Waals surface area contributed by atoms with Gasteiger partial charge >= 0.3 is 11.9 Å². The van der Waals surface area contributed by atoms with Gasteiger partial charge in [-0.05, 0) is 41.7 Å². The molecular formula is C22H25N9O7S3. The third-order valence-corrected chi connectivity index (χ3v) is 9.58. The van der Waals surface area contributed by atoms with Gasteiger partial charge in [0.1, 0.15) is 28.9 Å². The molecule has 1 saturated heterocycles. The molecule has 5 rings (SSSR count). The van der Waals surface area contributed by atoms with E-state index in [9.17, 15) is 24.3 Å². The number of β-lactam (4-membered cyclic amide) rings is 1. The van der Waals surface area contributed by atoms with Crippen LogP contribution >= 0.6 is 34.9 Å². The Labute approximate surface area is 244 Å². The first-order chi connectivity index (χ1) is 19.7. The maximum Gasteiger partial charge on any atom is 0.352 e. The molecule has 16 nitrogen and oxygen atoms in total. The number of hydrogen-bond acceptors (Lipinski definition) is 14. The summed E-state index contributed by atoms with van der Waals surface area (Å²) in [4.78, 5) is 60.4. The van der Waals surface area contributed by atoms with Crippen molar-refractivity contribution < 1.29 is 34.2 Å². The van der Waals surface area contributed by atoms with Crippen LogP contribution in [0.3, 0.4) is 0 Å². The highest BCUT2D eigenvalue weighted by atomic mass is 32.2. The summed E-state index contributed by atoms with van der Waals surface area (Å²) in [5.41, 5.74) is 6.17. The van der Waals surface area contributed by atoms with Crippen LogP contribution in [-0.4, -0.2) is 98.8 Å². The number of aromatic nitrogens is 5. The highest BCUT2D eigenvalue weighted by molar-refractivity contribution is 8.01. The van der Waals surface area contributed by atoms with Crippen molar-refractivity contribution in [2.24, 2.45) is 5.16 Å². The molecule has 1 aliphatic carbocycles. The van der Waals surface area contributed by atoms with Crippen LogP contribution in [0.15, 0.2) is 27.0 Å². The smallest absolute Gasteiger partial charge is 0.352 e. The van der Waals surface area contributed by atoms with E-state index in [1.165, 1.54) is 16.4 Å². The number of carbonyl (C=O) groups is 4. The zero-order valence-corrected chi connectivity index (χ0v) is 23.8. The molecule has 2 amide bonds. The van der Waals surface area contributed by atoms with E-state index in [1.807, 2.05) is 0 Å². The number of carboxylic acid groups (broad SMARTS) is 2. The van der Waals surface area contributed by atoms with Crippen LogP contribution < -0.4 is 11.1 Å². The second kappa shape index (κ2) is 12.4. The number of carboxylic acids is 2. The number of rotatable bonds is 12. The Hall–Kier alpha value is -3.71. The van der Waals surface area contributed by atoms with E-state index in [1.54, 1.807) is 5.38 Å². The lowest BCUT2D eigenvalue weighted by Gasteiger charge is -2.49. The summed E-state index contributed by atoms with van der Waals surface area (Å²) in [6.45, 7) is 0.0583. The van der Waals surface area contributed by atoms with Crippen LogP contribution in [0.4, 0.5) is 5.13 Å². The molecule has 19 heteroatoms. The Balaban J connectivity index is 1.28. The molecule has 3 aliphatic rings. The minimum Gasteiger partial charge on any atom is -0.481 e. The quantitative estimate of drug-likeness (QED) is 0.108. The zero-order chi connectivity index (χ0) is 29.1. The van der Waals surface area contributed by atoms with Gasteiger partial charge in [-0.1, -0.05) is 16.9 Å². The molecular weight excluding hydrogens is 598 g/mol. The molecule has 41 heavy (non-hydrogen) atoms. The predicted octanol–water partition coefficient (Wildman–Crippen LogP) is 0.381. The predicted molar refractivity (Wildman–Crippen MR) is 147 cm³/mol. The summed E-state index contributed by atoms with van der Waals surface area (Å²) in [6.07, 6.45) is 3.40. The van der Waals surface area contributed by atoms with Crippen molar-refractivity contribution >= 4 is 69.5 Å². The van der Waals surface area contributed by atoms with Gasteiger partial charge in [-0.15, -0.1) is 28.2 Å². The van der Waals surface area contributed by atoms with Crippen molar-refractivity contribution in [1.82, 2.24) is 35.4 Å². The maximum absolute atomic E-state index is 13.3. The normalized spacial score (nSPS) is 21.0. The van der Waals surface area contributed by atoms with Crippen LogP contribution in [0.5, 0.6) is 0 Å². The molecule has 2 aromatic heterocycles. The van der Waals surface area contributed by atoms with Crippen LogP contribution in [0.1, 0.15) is 37.8 Å². The fourth-order valence-electron chi connectivity index (χ4n) is 4.52. The van der Waals surface area contributed by atoms with E-state index in [2.05, 4.69) is 31.0 Å². The lowest BCUT2D eigenvalue weighted by Crippen LogP contribution is -2.71. The van der Waals surface area contributed by atoms with E-state index in [0.717, 1.165) is 53.7 Å². The molecule has 2 aromatic rings. The highest BCUT2D eigenvalue weighted by Crippen LogP contribution is 2.41. The molecule has 1 saturated carbocycles. The van der Waals surface area contributed by atoms with Gasteiger partial charge in [0, 0.05) is 16.9 Å². The van der Waals surface area contributed by atoms with Gasteiger partial charge in [0.15, 0.2) is 10.8 Å². The molecule has 0 radical (unpaired) electrons. The van der Waals surface area contributed by atoms with E-state index in [-0.39, 0.29) is 52.8 Å². The number of nitrogens with two attached hydrogens (primary N) is 1. The largest absolute Gasteiger partial charge is 0.481 e. The number of thiazole rings is 1. The number of amides is 2. The Morgan fingerprint density at radius 3 is 2.73 bits per heavy atom. The van der Waals surface area contributed by atoms with Crippen molar-refractivity contribution in [3.8, 4) is 0 Å². The Morgan fingerprint density at radius 2 is 2.05 bits per heavy atom. The number of nitrogens with zero attached hydrogens (tertiary/aromatic N) is 7. The Kier molecular flexibility index (Phi) is 8.74. The number of nitrogens with one attached hydrogen (secondary N) is 1. The highest BCUT2D eigenvalue weighted by Gasteiger charge is 2.54. The molecule has 2 unspecified atom stereocenters. The number of fused-ring (bicyclic) bond motifs is 1. The fraction of sp³-hybridized carbons (Fsp3) is 0.500. The molecule has 2 aliphatic heterocycles. The molecule has 5 N–H and O–H groups in total. The van der Waals surface area contributed by atoms with Gasteiger partial charge in [-0.2, -0.15) is 0 Å². The number of nitrogen functional groups attached to an aromatic ring is 1. The first kappa shape index (κ1) is 28.8. The number of anilines is 1. The van der Waals surface area contributed by atoms with Crippen LogP contribution in [0.2, 0.25) is 0 Å². The standard InChI is InChI=1S/C22H25N9O7S3/c23-21-24-12(9-40-21)14(27-38-11-3-1-2-4-11)17(34)25-15-18(35)31-16(20(36)37)10(7-39-19(15)31)8-41-22-26-28-29-30(22)6-5-13(32)33/h9,11,15,19H,1-8H2,(H2,23,24)(H,25,34)(H,32,33)(H,36,37)/b27-14+. The number of carbonyl (C=O) groups excluding carboxylic acids is 2. The summed E-state index contributed by atoms with van der Waals surface area (Å²) >= 11 is 3.59. The first-order valence-electron chi connectivity index (χ1n) is 12.5. The van der Waals surface area contributed by atoms with E-state index < -0.39 is 35.2 Å². The molecule has 0 bridgehead atoms. The van der Waals surface area contributed by atoms with Gasteiger partial charge in [-0.3, -0.25) is 19.3 Å². The van der Waals surface area contributed by atoms with Crippen LogP contribution in [0, 0.1) is 0 Å². The summed E-state index contributed by atoms with van der Waals surface area (Å²) < 4.78 is 1.32. The summed E-state index contributed by atoms with van der Waals surface area (Å²) in [5, 5.41) is 38.3. The summed E-state index contributed by atoms with van der Waals surface area (Å²) in [6, 6.07) is -0.980. The number of aryl methyl sites for hydroxylation is 1. The monoisotopic (exact) mass is 623 g/mol. The van der Waals surface area contributed by atoms with E-state index in [4.69, 9.17) is 15.7 Å². The van der Waals surface area contributed by atoms with E-state index in [0.29, 0.717) is 10.7 Å². The van der Waals surface area contributed by atoms with Crippen molar-refractivity contribution in [3.05, 3.63) is 22.3 Å². The summed E-state index contributed by atoms with van der Waals surface area (Å²) in [7, 11) is 0. The minimum absolute atomic E-state index is 0.0583. The zero-order valence-electron chi connectivity index (χ0n) is 21.3. The topological polar surface area (TPSA) is 228 Å². The van der Waals surface area contributed by atoms with Crippen molar-refractivity contribution in [2.75, 3.05) is 17.2 Å². The number of hydrogen-bond donors (Lipinski definition) is 4. The lowest BCUT2D eigenvalue weighted by molar-refractivity contribution is -0.150. The molecule has 2 atom stereocenters. The molecule has 2 fully saturated rings. The van der Waals surface area contributed by atoms with Crippen molar-refractivity contribution in [3.63, 3.8) is 0 Å². The van der Waals surface area contributed by atoms with Gasteiger partial charge in [-0.25, -0.2) is 14.5 Å². The van der Waals surface area contributed by atoms with Crippen LogP contribution in [0.25, 0.3) is 0 Å². The van der Waals surface area contributed by atoms with E-state index >= 15 is 0 Å². The van der Waals surface area contributed by atoms with Crippen molar-refractivity contribution in [2.45, 2.75) is 61.3 Å². The number of oxime groups is 1. The average Bonchev–Trinajstić information content (AvgIpc) is 3.71. The lowest BCUT2D eigenvalue weighted by atomic mass is 10.0. The Bertz CT molecular complexity index is 1420. The molecule has 4 heterocycles. The molecule has 218 valence electrons. The third-order valence-electron chi connectivity index (χ3n) is 6.52. The van der Waals surface area contributed by atoms with Gasteiger partial charge in [0.05, 0.1) is 13.0 Å². The fourth-order valence-corrected chi connectivity index (χ4v) is 7.46. The van der Waals surface area contributed by atoms with Gasteiger partial charge in [0.25, 0.3) is 11.8 Å². The van der Waals surface area contributed by atoms with Crippen LogP contribution in [-0.2, 0) is 30.6 Å². The molecule has 0 aromatic carbocycles.